The molecule has 0 atom stereocenters. The van der Waals surface area contributed by atoms with Crippen LogP contribution in [0.25, 0.3) is 0 Å². The quantitative estimate of drug-likeness (QED) is 0.863. The first-order chi connectivity index (χ1) is 10.9. The fourth-order valence-corrected chi connectivity index (χ4v) is 2.24. The van der Waals surface area contributed by atoms with Crippen LogP contribution in [0, 0.1) is 6.92 Å². The zero-order valence-corrected chi connectivity index (χ0v) is 14.4. The van der Waals surface area contributed by atoms with E-state index in [1.54, 1.807) is 36.4 Å². The molecule has 2 aromatic rings. The van der Waals surface area contributed by atoms with Crippen LogP contribution in [0.3, 0.4) is 0 Å². The third-order valence-corrected chi connectivity index (χ3v) is 3.62. The van der Waals surface area contributed by atoms with E-state index in [4.69, 9.17) is 21.1 Å². The molecule has 0 bridgehead atoms. The van der Waals surface area contributed by atoms with E-state index in [1.165, 1.54) is 7.11 Å². The molecule has 2 aromatic carbocycles. The molecule has 4 nitrogen and oxygen atoms in total. The van der Waals surface area contributed by atoms with Gasteiger partial charge < -0.3 is 14.8 Å². The summed E-state index contributed by atoms with van der Waals surface area (Å²) >= 11 is 6.07. The molecule has 0 aliphatic rings. The van der Waals surface area contributed by atoms with Crippen molar-refractivity contribution in [1.82, 2.24) is 0 Å². The van der Waals surface area contributed by atoms with E-state index in [0.29, 0.717) is 22.0 Å². The van der Waals surface area contributed by atoms with Crippen molar-refractivity contribution in [2.24, 2.45) is 0 Å². The fourth-order valence-electron chi connectivity index (χ4n) is 2.08. The molecule has 23 heavy (non-hydrogen) atoms. The van der Waals surface area contributed by atoms with Gasteiger partial charge in [0.15, 0.2) is 0 Å². The van der Waals surface area contributed by atoms with Gasteiger partial charge in [-0.05, 0) is 56.7 Å². The lowest BCUT2D eigenvalue weighted by Crippen LogP contribution is -2.13. The van der Waals surface area contributed by atoms with Gasteiger partial charge in [-0.2, -0.15) is 0 Å². The van der Waals surface area contributed by atoms with Gasteiger partial charge in [0.1, 0.15) is 11.5 Å². The summed E-state index contributed by atoms with van der Waals surface area (Å²) in [4.78, 5) is 12.4. The maximum absolute atomic E-state index is 12.4. The first kappa shape index (κ1) is 17.2. The first-order valence-corrected chi connectivity index (χ1v) is 7.70. The molecule has 0 unspecified atom stereocenters. The summed E-state index contributed by atoms with van der Waals surface area (Å²) in [6.45, 7) is 5.78. The van der Waals surface area contributed by atoms with Crippen molar-refractivity contribution in [3.8, 4) is 11.5 Å². The van der Waals surface area contributed by atoms with Gasteiger partial charge in [0.25, 0.3) is 5.91 Å². The molecule has 0 radical (unpaired) electrons. The highest BCUT2D eigenvalue weighted by Gasteiger charge is 2.12. The minimum Gasteiger partial charge on any atom is -0.495 e. The molecule has 122 valence electrons. The number of ether oxygens (including phenoxy) is 2. The van der Waals surface area contributed by atoms with Gasteiger partial charge in [-0.3, -0.25) is 4.79 Å². The topological polar surface area (TPSA) is 47.6 Å². The molecule has 0 fully saturated rings. The number of hydrogen-bond acceptors (Lipinski definition) is 3. The van der Waals surface area contributed by atoms with E-state index >= 15 is 0 Å². The highest BCUT2D eigenvalue weighted by atomic mass is 35.5. The van der Waals surface area contributed by atoms with Crippen molar-refractivity contribution in [3.63, 3.8) is 0 Å². The number of amides is 1. The molecule has 1 amide bonds. The Morgan fingerprint density at radius 3 is 2.39 bits per heavy atom. The lowest BCUT2D eigenvalue weighted by atomic mass is 10.1. The van der Waals surface area contributed by atoms with Gasteiger partial charge >= 0.3 is 0 Å². The average Bonchev–Trinajstić information content (AvgIpc) is 2.50. The SMILES string of the molecule is COc1cc(Cl)c(C)cc1NC(=O)c1ccc(OC(C)C)cc1. The second-order valence-electron chi connectivity index (χ2n) is 5.45. The predicted octanol–water partition coefficient (Wildman–Crippen LogP) is 4.70. The number of carbonyl (C=O) groups is 1. The van der Waals surface area contributed by atoms with E-state index in [9.17, 15) is 4.79 Å². The molecule has 1 N–H and O–H groups in total. The number of anilines is 1. The van der Waals surface area contributed by atoms with Crippen molar-refractivity contribution in [2.75, 3.05) is 12.4 Å². The number of hydrogen-bond donors (Lipinski definition) is 1. The van der Waals surface area contributed by atoms with Crippen LogP contribution < -0.4 is 14.8 Å². The molecule has 0 aliphatic heterocycles. The predicted molar refractivity (Wildman–Crippen MR) is 92.9 cm³/mol. The number of halogens is 1. The van der Waals surface area contributed by atoms with Crippen LogP contribution in [-0.2, 0) is 0 Å². The summed E-state index contributed by atoms with van der Waals surface area (Å²) < 4.78 is 10.8. The molecule has 0 saturated heterocycles. The van der Waals surface area contributed by atoms with Crippen molar-refractivity contribution < 1.29 is 14.3 Å². The maximum atomic E-state index is 12.4. The summed E-state index contributed by atoms with van der Waals surface area (Å²) in [6, 6.07) is 10.5. The molecule has 5 heteroatoms. The third kappa shape index (κ3) is 4.39. The Labute approximate surface area is 141 Å². The van der Waals surface area contributed by atoms with Crippen LogP contribution in [-0.4, -0.2) is 19.1 Å². The standard InChI is InChI=1S/C18H20ClNO3/c1-11(2)23-14-7-5-13(6-8-14)18(21)20-16-9-12(3)15(19)10-17(16)22-4/h5-11H,1-4H3,(H,20,21). The summed E-state index contributed by atoms with van der Waals surface area (Å²) in [5.41, 5.74) is 1.99. The van der Waals surface area contributed by atoms with Gasteiger partial charge in [0, 0.05) is 16.7 Å². The Balaban J connectivity index is 2.17. The van der Waals surface area contributed by atoms with E-state index in [-0.39, 0.29) is 12.0 Å². The summed E-state index contributed by atoms with van der Waals surface area (Å²) in [5.74, 6) is 1.03. The summed E-state index contributed by atoms with van der Waals surface area (Å²) in [7, 11) is 1.54. The molecule has 0 saturated carbocycles. The van der Waals surface area contributed by atoms with Gasteiger partial charge in [-0.1, -0.05) is 11.6 Å². The van der Waals surface area contributed by atoms with Crippen molar-refractivity contribution in [2.45, 2.75) is 26.9 Å². The Morgan fingerprint density at radius 1 is 1.17 bits per heavy atom. The van der Waals surface area contributed by atoms with Crippen molar-refractivity contribution >= 4 is 23.2 Å². The van der Waals surface area contributed by atoms with Crippen molar-refractivity contribution in [1.29, 1.82) is 0 Å². The van der Waals surface area contributed by atoms with Gasteiger partial charge in [-0.15, -0.1) is 0 Å². The lowest BCUT2D eigenvalue weighted by molar-refractivity contribution is 0.102. The largest absolute Gasteiger partial charge is 0.495 e. The Kier molecular flexibility index (Phi) is 5.50. The Bertz CT molecular complexity index is 696. The highest BCUT2D eigenvalue weighted by molar-refractivity contribution is 6.31. The number of rotatable bonds is 5. The van der Waals surface area contributed by atoms with Crippen LogP contribution in [0.15, 0.2) is 36.4 Å². The average molecular weight is 334 g/mol. The second kappa shape index (κ2) is 7.38. The number of carbonyl (C=O) groups excluding carboxylic acids is 1. The molecular formula is C18H20ClNO3. The van der Waals surface area contributed by atoms with E-state index < -0.39 is 0 Å². The smallest absolute Gasteiger partial charge is 0.255 e. The molecule has 0 aliphatic carbocycles. The van der Waals surface area contributed by atoms with Crippen LogP contribution in [0.5, 0.6) is 11.5 Å². The molecule has 0 spiro atoms. The number of methoxy groups -OCH3 is 1. The number of nitrogens with one attached hydrogen (secondary N) is 1. The maximum Gasteiger partial charge on any atom is 0.255 e. The van der Waals surface area contributed by atoms with E-state index in [1.807, 2.05) is 20.8 Å². The fraction of sp³-hybridized carbons (Fsp3) is 0.278. The van der Waals surface area contributed by atoms with Crippen LogP contribution in [0.2, 0.25) is 5.02 Å². The highest BCUT2D eigenvalue weighted by Crippen LogP contribution is 2.31. The molecule has 0 heterocycles. The molecule has 0 aromatic heterocycles. The summed E-state index contributed by atoms with van der Waals surface area (Å²) in [5, 5.41) is 3.44. The zero-order valence-electron chi connectivity index (χ0n) is 13.6. The van der Waals surface area contributed by atoms with Gasteiger partial charge in [-0.25, -0.2) is 0 Å². The van der Waals surface area contributed by atoms with Crippen LogP contribution >= 0.6 is 11.6 Å². The minimum absolute atomic E-state index is 0.0935. The van der Waals surface area contributed by atoms with Crippen LogP contribution in [0.4, 0.5) is 5.69 Å². The monoisotopic (exact) mass is 333 g/mol. The second-order valence-corrected chi connectivity index (χ2v) is 5.85. The van der Waals surface area contributed by atoms with E-state index in [0.717, 1.165) is 11.3 Å². The zero-order chi connectivity index (χ0) is 17.0. The number of aryl methyl sites for hydroxylation is 1. The lowest BCUT2D eigenvalue weighted by Gasteiger charge is -2.13. The first-order valence-electron chi connectivity index (χ1n) is 7.33. The molecule has 2 rings (SSSR count). The van der Waals surface area contributed by atoms with Crippen LogP contribution in [0.1, 0.15) is 29.8 Å². The Hall–Kier alpha value is -2.20. The van der Waals surface area contributed by atoms with Gasteiger partial charge in [0.2, 0.25) is 0 Å². The van der Waals surface area contributed by atoms with Crippen molar-refractivity contribution in [3.05, 3.63) is 52.5 Å². The third-order valence-electron chi connectivity index (χ3n) is 3.22. The normalized spacial score (nSPS) is 10.5. The summed E-state index contributed by atoms with van der Waals surface area (Å²) in [6.07, 6.45) is 0.0935. The molecular weight excluding hydrogens is 314 g/mol. The van der Waals surface area contributed by atoms with E-state index in [2.05, 4.69) is 5.32 Å². The minimum atomic E-state index is -0.221. The van der Waals surface area contributed by atoms with Gasteiger partial charge in [0.05, 0.1) is 18.9 Å². The number of benzene rings is 2. The Morgan fingerprint density at radius 2 is 1.83 bits per heavy atom.